The molecule has 0 aliphatic carbocycles. The summed E-state index contributed by atoms with van der Waals surface area (Å²) >= 11 is 11.2. The molecule has 0 amide bonds. The van der Waals surface area contributed by atoms with Crippen molar-refractivity contribution in [3.8, 4) is 6.07 Å². The van der Waals surface area contributed by atoms with E-state index in [1.807, 2.05) is 43.3 Å². The van der Waals surface area contributed by atoms with Crippen LogP contribution in [-0.4, -0.2) is 24.2 Å². The van der Waals surface area contributed by atoms with Gasteiger partial charge in [0.05, 0.1) is 5.57 Å². The molecule has 1 atom stereocenters. The van der Waals surface area contributed by atoms with Gasteiger partial charge in [0.15, 0.2) is 5.72 Å². The number of benzene rings is 2. The maximum atomic E-state index is 11.4. The number of nitrogens with one attached hydrogen (secondary N) is 1. The standard InChI is InChI=1S/C19H16ClN3OS/c1-23(2)15-9-5-13(6-10-15)19(24)17(16(11-21)18(25)22-19)12-3-7-14(20)8-4-12/h3-10,24H,1-2H3,(H,22,25). The first kappa shape index (κ1) is 17.4. The summed E-state index contributed by atoms with van der Waals surface area (Å²) in [5.41, 5.74) is 1.43. The van der Waals surface area contributed by atoms with Crippen molar-refractivity contribution in [1.82, 2.24) is 5.32 Å². The Bertz CT molecular complexity index is 898. The SMILES string of the molecule is CN(C)c1ccc(C2(O)NC(=S)C(C#N)=C2c2ccc(Cl)cc2)cc1. The molecule has 0 saturated carbocycles. The van der Waals surface area contributed by atoms with E-state index < -0.39 is 5.72 Å². The van der Waals surface area contributed by atoms with Gasteiger partial charge in [0.25, 0.3) is 0 Å². The van der Waals surface area contributed by atoms with Crippen LogP contribution in [0.2, 0.25) is 5.02 Å². The highest BCUT2D eigenvalue weighted by Gasteiger charge is 2.44. The maximum absolute atomic E-state index is 11.4. The molecule has 4 nitrogen and oxygen atoms in total. The molecular formula is C19H16ClN3OS. The summed E-state index contributed by atoms with van der Waals surface area (Å²) in [7, 11) is 3.89. The van der Waals surface area contributed by atoms with Crippen molar-refractivity contribution in [1.29, 1.82) is 5.26 Å². The van der Waals surface area contributed by atoms with Crippen molar-refractivity contribution in [2.75, 3.05) is 19.0 Å². The average Bonchev–Trinajstić information content (AvgIpc) is 2.86. The van der Waals surface area contributed by atoms with Crippen LogP contribution in [0.25, 0.3) is 5.57 Å². The van der Waals surface area contributed by atoms with Gasteiger partial charge in [0, 0.05) is 35.9 Å². The van der Waals surface area contributed by atoms with E-state index in [-0.39, 0.29) is 10.6 Å². The first-order valence-corrected chi connectivity index (χ1v) is 8.39. The minimum absolute atomic E-state index is 0.228. The highest BCUT2D eigenvalue weighted by atomic mass is 35.5. The molecule has 25 heavy (non-hydrogen) atoms. The van der Waals surface area contributed by atoms with E-state index in [4.69, 9.17) is 23.8 Å². The van der Waals surface area contributed by atoms with Crippen LogP contribution in [0.15, 0.2) is 54.1 Å². The first-order valence-electron chi connectivity index (χ1n) is 7.60. The van der Waals surface area contributed by atoms with Gasteiger partial charge in [-0.25, -0.2) is 0 Å². The fourth-order valence-electron chi connectivity index (χ4n) is 2.88. The van der Waals surface area contributed by atoms with E-state index in [2.05, 4.69) is 11.4 Å². The summed E-state index contributed by atoms with van der Waals surface area (Å²) < 4.78 is 0. The summed E-state index contributed by atoms with van der Waals surface area (Å²) in [6.45, 7) is 0. The third-order valence-corrected chi connectivity index (χ3v) is 4.74. The van der Waals surface area contributed by atoms with E-state index in [0.29, 0.717) is 21.7 Å². The smallest absolute Gasteiger partial charge is 0.191 e. The fraction of sp³-hybridized carbons (Fsp3) is 0.158. The van der Waals surface area contributed by atoms with Crippen LogP contribution >= 0.6 is 23.8 Å². The molecule has 126 valence electrons. The van der Waals surface area contributed by atoms with Crippen molar-refractivity contribution in [2.24, 2.45) is 0 Å². The van der Waals surface area contributed by atoms with E-state index >= 15 is 0 Å². The van der Waals surface area contributed by atoms with Crippen LogP contribution < -0.4 is 10.2 Å². The van der Waals surface area contributed by atoms with Gasteiger partial charge in [-0.15, -0.1) is 0 Å². The van der Waals surface area contributed by atoms with E-state index in [0.717, 1.165) is 5.69 Å². The Labute approximate surface area is 157 Å². The van der Waals surface area contributed by atoms with E-state index in [9.17, 15) is 10.4 Å². The molecule has 0 spiro atoms. The topological polar surface area (TPSA) is 59.3 Å². The highest BCUT2D eigenvalue weighted by molar-refractivity contribution is 7.80. The van der Waals surface area contributed by atoms with Crippen LogP contribution in [0.3, 0.4) is 0 Å². The molecule has 0 saturated heterocycles. The van der Waals surface area contributed by atoms with Crippen molar-refractivity contribution < 1.29 is 5.11 Å². The second-order valence-corrected chi connectivity index (χ2v) is 6.82. The summed E-state index contributed by atoms with van der Waals surface area (Å²) in [5.74, 6) is 0. The number of nitrogens with zero attached hydrogens (tertiary/aromatic N) is 2. The summed E-state index contributed by atoms with van der Waals surface area (Å²) in [4.78, 5) is 2.20. The number of aliphatic hydroxyl groups is 1. The van der Waals surface area contributed by atoms with Gasteiger partial charge in [-0.05, 0) is 29.8 Å². The van der Waals surface area contributed by atoms with Crippen molar-refractivity contribution >= 4 is 40.1 Å². The number of anilines is 1. The summed E-state index contributed by atoms with van der Waals surface area (Å²) in [6, 6.07) is 16.5. The summed E-state index contributed by atoms with van der Waals surface area (Å²) in [5, 5.41) is 24.4. The number of hydrogen-bond acceptors (Lipinski definition) is 4. The first-order chi connectivity index (χ1) is 11.9. The number of halogens is 1. The van der Waals surface area contributed by atoms with Crippen LogP contribution in [0.1, 0.15) is 11.1 Å². The Morgan fingerprint density at radius 2 is 1.72 bits per heavy atom. The molecule has 1 aliphatic rings. The molecule has 3 rings (SSSR count). The van der Waals surface area contributed by atoms with Crippen LogP contribution in [0, 0.1) is 11.3 Å². The van der Waals surface area contributed by atoms with Crippen molar-refractivity contribution in [3.63, 3.8) is 0 Å². The van der Waals surface area contributed by atoms with Crippen LogP contribution in [-0.2, 0) is 5.72 Å². The van der Waals surface area contributed by atoms with E-state index in [1.54, 1.807) is 24.3 Å². The zero-order chi connectivity index (χ0) is 18.2. The number of thiocarbonyl (C=S) groups is 1. The molecular weight excluding hydrogens is 354 g/mol. The molecule has 2 N–H and O–H groups in total. The lowest BCUT2D eigenvalue weighted by Crippen LogP contribution is -2.40. The van der Waals surface area contributed by atoms with E-state index in [1.165, 1.54) is 0 Å². The lowest BCUT2D eigenvalue weighted by Gasteiger charge is -2.28. The Morgan fingerprint density at radius 3 is 2.24 bits per heavy atom. The Kier molecular flexibility index (Phi) is 4.53. The second-order valence-electron chi connectivity index (χ2n) is 5.97. The lowest BCUT2D eigenvalue weighted by molar-refractivity contribution is 0.0895. The predicted octanol–water partition coefficient (Wildman–Crippen LogP) is 3.46. The molecule has 0 radical (unpaired) electrons. The summed E-state index contributed by atoms with van der Waals surface area (Å²) in [6.07, 6.45) is 0. The zero-order valence-corrected chi connectivity index (χ0v) is 15.3. The Balaban J connectivity index is 2.16. The minimum Gasteiger partial charge on any atom is -0.378 e. The third-order valence-electron chi connectivity index (χ3n) is 4.18. The average molecular weight is 370 g/mol. The second kappa shape index (κ2) is 6.49. The van der Waals surface area contributed by atoms with Gasteiger partial charge < -0.3 is 15.3 Å². The van der Waals surface area contributed by atoms with Crippen molar-refractivity contribution in [2.45, 2.75) is 5.72 Å². The van der Waals surface area contributed by atoms with Gasteiger partial charge in [0.1, 0.15) is 11.1 Å². The molecule has 2 aromatic rings. The number of nitriles is 1. The molecule has 1 heterocycles. The van der Waals surface area contributed by atoms with Gasteiger partial charge in [0.2, 0.25) is 0 Å². The van der Waals surface area contributed by atoms with Gasteiger partial charge in [-0.3, -0.25) is 0 Å². The molecule has 1 unspecified atom stereocenters. The molecule has 0 fully saturated rings. The van der Waals surface area contributed by atoms with Crippen LogP contribution in [0.5, 0.6) is 0 Å². The highest BCUT2D eigenvalue weighted by Crippen LogP contribution is 2.41. The number of rotatable bonds is 3. The normalized spacial score (nSPS) is 19.6. The minimum atomic E-state index is -1.57. The third kappa shape index (κ3) is 3.00. The monoisotopic (exact) mass is 369 g/mol. The Morgan fingerprint density at radius 1 is 1.12 bits per heavy atom. The van der Waals surface area contributed by atoms with Gasteiger partial charge in [-0.2, -0.15) is 5.26 Å². The fourth-order valence-corrected chi connectivity index (χ4v) is 3.30. The molecule has 6 heteroatoms. The molecule has 2 aromatic carbocycles. The van der Waals surface area contributed by atoms with Gasteiger partial charge in [-0.1, -0.05) is 48.1 Å². The lowest BCUT2D eigenvalue weighted by atomic mass is 9.89. The molecule has 1 aliphatic heterocycles. The van der Waals surface area contributed by atoms with Crippen molar-refractivity contribution in [3.05, 3.63) is 70.3 Å². The van der Waals surface area contributed by atoms with Crippen LogP contribution in [0.4, 0.5) is 5.69 Å². The number of hydrogen-bond donors (Lipinski definition) is 2. The predicted molar refractivity (Wildman–Crippen MR) is 104 cm³/mol. The van der Waals surface area contributed by atoms with Gasteiger partial charge >= 0.3 is 0 Å². The zero-order valence-electron chi connectivity index (χ0n) is 13.7. The maximum Gasteiger partial charge on any atom is 0.191 e. The quantitative estimate of drug-likeness (QED) is 0.811. The largest absolute Gasteiger partial charge is 0.378 e. The molecule has 0 bridgehead atoms. The molecule has 0 aromatic heterocycles. The Hall–Kier alpha value is -2.39.